The summed E-state index contributed by atoms with van der Waals surface area (Å²) in [4.78, 5) is 34.3. The van der Waals surface area contributed by atoms with Crippen molar-refractivity contribution in [2.24, 2.45) is 5.41 Å². The van der Waals surface area contributed by atoms with Crippen molar-refractivity contribution in [2.45, 2.75) is 117 Å². The molecule has 0 aromatic carbocycles. The quantitative estimate of drug-likeness (QED) is 0.220. The number of hydrogen-bond acceptors (Lipinski definition) is 3. The maximum Gasteiger partial charge on any atom is 0.220 e. The number of carbonyl (C=O) groups excluding carboxylic acids is 3. The number of carbonyl (C=O) groups is 2. The van der Waals surface area contributed by atoms with Crippen molar-refractivity contribution < 1.29 is 14.4 Å². The summed E-state index contributed by atoms with van der Waals surface area (Å²) in [5, 5.41) is 0. The third-order valence-corrected chi connectivity index (χ3v) is 5.28. The second-order valence-corrected chi connectivity index (χ2v) is 7.47. The highest BCUT2D eigenvalue weighted by atomic mass is 16.2. The smallest absolute Gasteiger partial charge is 0.220 e. The van der Waals surface area contributed by atoms with E-state index in [4.69, 9.17) is 0 Å². The molecule has 0 aromatic heterocycles. The molecular formula is C22H39O3. The summed E-state index contributed by atoms with van der Waals surface area (Å²) >= 11 is 0. The zero-order chi connectivity index (χ0) is 19.0. The third-order valence-electron chi connectivity index (χ3n) is 5.28. The standard InChI is InChI=1S/C22H39O3/c1-4-5-6-7-8-9-10-11-12-13-14-15-16-17-18-22(19-23,20(2)24)21(3)25/h4-18H2,1-3H3. The summed E-state index contributed by atoms with van der Waals surface area (Å²) in [5.74, 6) is -0.741. The molecule has 0 heterocycles. The minimum absolute atomic E-state index is 0.319. The van der Waals surface area contributed by atoms with Crippen LogP contribution in [-0.4, -0.2) is 17.9 Å². The van der Waals surface area contributed by atoms with Crippen molar-refractivity contribution in [1.82, 2.24) is 0 Å². The van der Waals surface area contributed by atoms with Crippen LogP contribution >= 0.6 is 0 Å². The lowest BCUT2D eigenvalue weighted by molar-refractivity contribution is -0.134. The molecule has 25 heavy (non-hydrogen) atoms. The third kappa shape index (κ3) is 10.6. The van der Waals surface area contributed by atoms with Gasteiger partial charge < -0.3 is 0 Å². The number of hydrogen-bond donors (Lipinski definition) is 0. The molecule has 145 valence electrons. The minimum Gasteiger partial charge on any atom is -0.298 e. The summed E-state index contributed by atoms with van der Waals surface area (Å²) < 4.78 is 0. The van der Waals surface area contributed by atoms with Crippen LogP contribution in [0.4, 0.5) is 0 Å². The van der Waals surface area contributed by atoms with Gasteiger partial charge in [0.1, 0.15) is 0 Å². The van der Waals surface area contributed by atoms with Gasteiger partial charge in [0.2, 0.25) is 6.29 Å². The predicted molar refractivity (Wildman–Crippen MR) is 104 cm³/mol. The van der Waals surface area contributed by atoms with Gasteiger partial charge in [0.15, 0.2) is 17.0 Å². The fraction of sp³-hybridized carbons (Fsp3) is 0.864. The van der Waals surface area contributed by atoms with E-state index >= 15 is 0 Å². The second-order valence-electron chi connectivity index (χ2n) is 7.47. The van der Waals surface area contributed by atoms with Gasteiger partial charge >= 0.3 is 0 Å². The van der Waals surface area contributed by atoms with Crippen LogP contribution in [0.5, 0.6) is 0 Å². The molecule has 0 saturated heterocycles. The number of ketones is 2. The molecule has 3 nitrogen and oxygen atoms in total. The molecule has 0 aromatic rings. The van der Waals surface area contributed by atoms with Crippen molar-refractivity contribution in [2.75, 3.05) is 0 Å². The van der Waals surface area contributed by atoms with Crippen LogP contribution in [0.25, 0.3) is 0 Å². The molecule has 3 heteroatoms. The molecule has 0 atom stereocenters. The van der Waals surface area contributed by atoms with Gasteiger partial charge in [-0.1, -0.05) is 96.8 Å². The molecule has 0 bridgehead atoms. The van der Waals surface area contributed by atoms with Gasteiger partial charge in [-0.15, -0.1) is 0 Å². The summed E-state index contributed by atoms with van der Waals surface area (Å²) in [7, 11) is 0. The van der Waals surface area contributed by atoms with Crippen molar-refractivity contribution in [3.8, 4) is 0 Å². The molecule has 0 unspecified atom stereocenters. The van der Waals surface area contributed by atoms with Crippen molar-refractivity contribution in [3.63, 3.8) is 0 Å². The van der Waals surface area contributed by atoms with Gasteiger partial charge in [-0.05, 0) is 20.3 Å². The number of unbranched alkanes of at least 4 members (excludes halogenated alkanes) is 13. The Morgan fingerprint density at radius 2 is 0.960 bits per heavy atom. The Kier molecular flexibility index (Phi) is 14.7. The zero-order valence-corrected chi connectivity index (χ0v) is 16.8. The average Bonchev–Trinajstić information content (AvgIpc) is 2.58. The Bertz CT molecular complexity index is 359. The summed E-state index contributed by atoms with van der Waals surface area (Å²) in [6.45, 7) is 4.88. The highest BCUT2D eigenvalue weighted by molar-refractivity contribution is 6.17. The van der Waals surface area contributed by atoms with Crippen LogP contribution in [0.2, 0.25) is 0 Å². The normalized spacial score (nSPS) is 11.5. The molecular weight excluding hydrogens is 312 g/mol. The highest BCUT2D eigenvalue weighted by Gasteiger charge is 2.40. The van der Waals surface area contributed by atoms with Crippen LogP contribution in [0.15, 0.2) is 0 Å². The van der Waals surface area contributed by atoms with Gasteiger partial charge in [-0.2, -0.15) is 0 Å². The van der Waals surface area contributed by atoms with Crippen LogP contribution in [0, 0.1) is 5.41 Å². The first-order valence-corrected chi connectivity index (χ1v) is 10.4. The fourth-order valence-electron chi connectivity index (χ4n) is 3.38. The van der Waals surface area contributed by atoms with E-state index in [2.05, 4.69) is 6.92 Å². The van der Waals surface area contributed by atoms with E-state index in [-0.39, 0.29) is 11.6 Å². The fourth-order valence-corrected chi connectivity index (χ4v) is 3.38. The summed E-state index contributed by atoms with van der Waals surface area (Å²) in [5.41, 5.74) is -1.50. The van der Waals surface area contributed by atoms with Crippen molar-refractivity contribution in [3.05, 3.63) is 0 Å². The van der Waals surface area contributed by atoms with Crippen molar-refractivity contribution >= 4 is 17.9 Å². The minimum atomic E-state index is -1.50. The molecule has 0 rings (SSSR count). The largest absolute Gasteiger partial charge is 0.298 e. The monoisotopic (exact) mass is 351 g/mol. The van der Waals surface area contributed by atoms with Gasteiger partial charge in [0.05, 0.1) is 0 Å². The first kappa shape index (κ1) is 24.0. The van der Waals surface area contributed by atoms with Gasteiger partial charge in [0, 0.05) is 0 Å². The molecule has 0 saturated carbocycles. The first-order valence-electron chi connectivity index (χ1n) is 10.4. The Morgan fingerprint density at radius 1 is 0.640 bits per heavy atom. The SMILES string of the molecule is CCCCCCCCCCCCCCCCC([C]=O)(C(C)=O)C(C)=O. The average molecular weight is 352 g/mol. The van der Waals surface area contributed by atoms with Crippen LogP contribution in [0.1, 0.15) is 117 Å². The zero-order valence-electron chi connectivity index (χ0n) is 16.8. The van der Waals surface area contributed by atoms with Crippen LogP contribution < -0.4 is 0 Å². The van der Waals surface area contributed by atoms with Crippen molar-refractivity contribution in [1.29, 1.82) is 0 Å². The summed E-state index contributed by atoms with van der Waals surface area (Å²) in [6.07, 6.45) is 19.6. The lowest BCUT2D eigenvalue weighted by Gasteiger charge is -2.20. The lowest BCUT2D eigenvalue weighted by Crippen LogP contribution is -2.38. The van der Waals surface area contributed by atoms with E-state index in [1.807, 2.05) is 0 Å². The topological polar surface area (TPSA) is 51.2 Å². The van der Waals surface area contributed by atoms with E-state index in [1.54, 1.807) is 6.29 Å². The highest BCUT2D eigenvalue weighted by Crippen LogP contribution is 2.26. The molecule has 0 spiro atoms. The Balaban J connectivity index is 3.54. The maximum absolute atomic E-state index is 11.6. The summed E-state index contributed by atoms with van der Waals surface area (Å²) in [6, 6.07) is 0. The van der Waals surface area contributed by atoms with Gasteiger partial charge in [0.25, 0.3) is 0 Å². The molecule has 1 radical (unpaired) electrons. The van der Waals surface area contributed by atoms with Crippen LogP contribution in [-0.2, 0) is 14.4 Å². The molecule has 0 N–H and O–H groups in total. The van der Waals surface area contributed by atoms with E-state index in [0.29, 0.717) is 6.42 Å². The predicted octanol–water partition coefficient (Wildman–Crippen LogP) is 6.13. The number of rotatable bonds is 18. The van der Waals surface area contributed by atoms with E-state index in [9.17, 15) is 14.4 Å². The molecule has 0 aliphatic carbocycles. The van der Waals surface area contributed by atoms with Crippen LogP contribution in [0.3, 0.4) is 0 Å². The second kappa shape index (κ2) is 15.3. The molecule has 0 amide bonds. The van der Waals surface area contributed by atoms with Gasteiger partial charge in [-0.3, -0.25) is 14.4 Å². The Hall–Kier alpha value is -0.990. The molecule has 0 fully saturated rings. The Morgan fingerprint density at radius 3 is 1.24 bits per heavy atom. The molecule has 0 aliphatic rings. The number of Topliss-reactive ketones (excluding diaryl/α,β-unsaturated/α-hetero) is 2. The maximum atomic E-state index is 11.6. The lowest BCUT2D eigenvalue weighted by atomic mass is 9.77. The Labute approximate surface area is 155 Å². The first-order chi connectivity index (χ1) is 12.0. The van der Waals surface area contributed by atoms with E-state index < -0.39 is 5.41 Å². The van der Waals surface area contributed by atoms with Gasteiger partial charge in [-0.25, -0.2) is 0 Å². The van der Waals surface area contributed by atoms with E-state index in [1.165, 1.54) is 84.5 Å². The van der Waals surface area contributed by atoms with E-state index in [0.717, 1.165) is 19.3 Å². The molecule has 0 aliphatic heterocycles.